The molecule has 1 aliphatic heterocycles. The number of aromatic nitrogens is 1. The van der Waals surface area contributed by atoms with Crippen molar-refractivity contribution in [3.63, 3.8) is 0 Å². The second-order valence-corrected chi connectivity index (χ2v) is 6.19. The van der Waals surface area contributed by atoms with Crippen LogP contribution in [0.3, 0.4) is 0 Å². The van der Waals surface area contributed by atoms with Gasteiger partial charge in [0.15, 0.2) is 5.13 Å². The number of hydrogen-bond acceptors (Lipinski definition) is 7. The van der Waals surface area contributed by atoms with Gasteiger partial charge in [0.25, 0.3) is 17.5 Å². The van der Waals surface area contributed by atoms with Crippen LogP contribution in [0.2, 0.25) is 0 Å². The zero-order valence-electron chi connectivity index (χ0n) is 13.3. The van der Waals surface area contributed by atoms with Crippen LogP contribution < -0.4 is 4.90 Å². The molecule has 0 unspecified atom stereocenters. The standard InChI is InChI=1S/C15H12N4O5S/c1-8(20)17(2)15-16-9(7-25-15)6-18-13(21)10-4-3-5-11(19(23)24)12(10)14(18)22/h3-5,7H,6H2,1-2H3. The highest BCUT2D eigenvalue weighted by atomic mass is 32.1. The molecule has 0 spiro atoms. The van der Waals surface area contributed by atoms with Crippen molar-refractivity contribution in [2.75, 3.05) is 11.9 Å². The molecule has 1 aliphatic rings. The molecule has 0 saturated carbocycles. The van der Waals surface area contributed by atoms with E-state index in [0.29, 0.717) is 10.8 Å². The van der Waals surface area contributed by atoms with Gasteiger partial charge < -0.3 is 0 Å². The van der Waals surface area contributed by atoms with E-state index >= 15 is 0 Å². The molecule has 0 N–H and O–H groups in total. The summed E-state index contributed by atoms with van der Waals surface area (Å²) in [6.07, 6.45) is 0. The van der Waals surface area contributed by atoms with Gasteiger partial charge in [-0.3, -0.25) is 34.3 Å². The van der Waals surface area contributed by atoms with Crippen molar-refractivity contribution < 1.29 is 19.3 Å². The Morgan fingerprint density at radius 1 is 1.36 bits per heavy atom. The molecular weight excluding hydrogens is 348 g/mol. The third kappa shape index (κ3) is 2.76. The van der Waals surface area contributed by atoms with E-state index in [-0.39, 0.29) is 23.6 Å². The number of hydrogen-bond donors (Lipinski definition) is 0. The van der Waals surface area contributed by atoms with Crippen molar-refractivity contribution in [3.05, 3.63) is 50.5 Å². The number of imide groups is 1. The Hall–Kier alpha value is -3.14. The maximum Gasteiger partial charge on any atom is 0.282 e. The van der Waals surface area contributed by atoms with Crippen molar-refractivity contribution in [3.8, 4) is 0 Å². The molecule has 3 rings (SSSR count). The van der Waals surface area contributed by atoms with E-state index in [9.17, 15) is 24.5 Å². The number of rotatable bonds is 4. The Morgan fingerprint density at radius 3 is 2.72 bits per heavy atom. The fraction of sp³-hybridized carbons (Fsp3) is 0.200. The van der Waals surface area contributed by atoms with Crippen LogP contribution >= 0.6 is 11.3 Å². The lowest BCUT2D eigenvalue weighted by molar-refractivity contribution is -0.385. The smallest absolute Gasteiger partial charge is 0.282 e. The minimum Gasteiger partial charge on any atom is -0.292 e. The molecule has 0 fully saturated rings. The molecule has 10 heteroatoms. The number of benzene rings is 1. The Balaban J connectivity index is 1.89. The van der Waals surface area contributed by atoms with Crippen molar-refractivity contribution in [1.29, 1.82) is 0 Å². The number of anilines is 1. The van der Waals surface area contributed by atoms with Crippen LogP contribution in [-0.4, -0.2) is 39.6 Å². The van der Waals surface area contributed by atoms with E-state index in [1.807, 2.05) is 0 Å². The van der Waals surface area contributed by atoms with Crippen molar-refractivity contribution in [1.82, 2.24) is 9.88 Å². The van der Waals surface area contributed by atoms with Crippen LogP contribution in [0.5, 0.6) is 0 Å². The van der Waals surface area contributed by atoms with Crippen LogP contribution in [0.4, 0.5) is 10.8 Å². The summed E-state index contributed by atoms with van der Waals surface area (Å²) >= 11 is 1.20. The van der Waals surface area contributed by atoms with Gasteiger partial charge >= 0.3 is 0 Å². The second kappa shape index (κ2) is 6.06. The highest BCUT2D eigenvalue weighted by Crippen LogP contribution is 2.32. The predicted molar refractivity (Wildman–Crippen MR) is 88.5 cm³/mol. The van der Waals surface area contributed by atoms with Gasteiger partial charge in [0.1, 0.15) is 5.56 Å². The zero-order chi connectivity index (χ0) is 18.3. The average molecular weight is 360 g/mol. The average Bonchev–Trinajstić information content (AvgIpc) is 3.13. The van der Waals surface area contributed by atoms with Gasteiger partial charge in [-0.2, -0.15) is 0 Å². The predicted octanol–water partition coefficient (Wildman–Crippen LogP) is 1.83. The maximum absolute atomic E-state index is 12.5. The van der Waals surface area contributed by atoms with E-state index in [1.54, 1.807) is 12.4 Å². The quantitative estimate of drug-likeness (QED) is 0.467. The number of fused-ring (bicyclic) bond motifs is 1. The second-order valence-electron chi connectivity index (χ2n) is 5.35. The van der Waals surface area contributed by atoms with E-state index in [2.05, 4.69) is 4.98 Å². The summed E-state index contributed by atoms with van der Waals surface area (Å²) in [4.78, 5) is 53.2. The molecule has 0 atom stereocenters. The molecular formula is C15H12N4O5S. The van der Waals surface area contributed by atoms with Crippen LogP contribution in [0, 0.1) is 10.1 Å². The van der Waals surface area contributed by atoms with Crippen LogP contribution in [0.15, 0.2) is 23.6 Å². The topological polar surface area (TPSA) is 114 Å². The Kier molecular flexibility index (Phi) is 4.05. The van der Waals surface area contributed by atoms with Crippen molar-refractivity contribution in [2.24, 2.45) is 0 Å². The summed E-state index contributed by atoms with van der Waals surface area (Å²) in [5.74, 6) is -1.52. The molecule has 0 aliphatic carbocycles. The first-order valence-electron chi connectivity index (χ1n) is 7.13. The molecule has 0 saturated heterocycles. The molecule has 1 aromatic carbocycles. The maximum atomic E-state index is 12.5. The van der Waals surface area contributed by atoms with Gasteiger partial charge in [0, 0.05) is 25.4 Å². The summed E-state index contributed by atoms with van der Waals surface area (Å²) in [7, 11) is 1.57. The molecule has 0 radical (unpaired) electrons. The third-order valence-corrected chi connectivity index (χ3v) is 4.76. The number of carbonyl (C=O) groups is 3. The summed E-state index contributed by atoms with van der Waals surface area (Å²) in [5.41, 5.74) is -0.164. The first-order valence-corrected chi connectivity index (χ1v) is 8.01. The molecule has 1 aromatic heterocycles. The van der Waals surface area contributed by atoms with E-state index < -0.39 is 22.4 Å². The number of nitro benzene ring substituents is 1. The van der Waals surface area contributed by atoms with Crippen molar-refractivity contribution >= 4 is 39.9 Å². The number of amides is 3. The number of thiazole rings is 1. The van der Waals surface area contributed by atoms with Gasteiger partial charge in [-0.15, -0.1) is 11.3 Å². The highest BCUT2D eigenvalue weighted by Gasteiger charge is 2.41. The Labute approximate surface area is 145 Å². The third-order valence-electron chi connectivity index (χ3n) is 3.79. The van der Waals surface area contributed by atoms with Crippen LogP contribution in [0.25, 0.3) is 0 Å². The molecule has 2 heterocycles. The Morgan fingerprint density at radius 2 is 2.08 bits per heavy atom. The number of nitro groups is 1. The summed E-state index contributed by atoms with van der Waals surface area (Å²) < 4.78 is 0. The van der Waals surface area contributed by atoms with Crippen LogP contribution in [0.1, 0.15) is 33.3 Å². The lowest BCUT2D eigenvalue weighted by atomic mass is 10.1. The molecule has 128 valence electrons. The molecule has 25 heavy (non-hydrogen) atoms. The zero-order valence-corrected chi connectivity index (χ0v) is 14.1. The highest BCUT2D eigenvalue weighted by molar-refractivity contribution is 7.14. The van der Waals surface area contributed by atoms with E-state index in [1.165, 1.54) is 41.4 Å². The van der Waals surface area contributed by atoms with Gasteiger partial charge in [-0.05, 0) is 6.07 Å². The lowest BCUT2D eigenvalue weighted by Crippen LogP contribution is -2.29. The Bertz CT molecular complexity index is 922. The number of carbonyl (C=O) groups excluding carboxylic acids is 3. The van der Waals surface area contributed by atoms with E-state index in [0.717, 1.165) is 4.90 Å². The van der Waals surface area contributed by atoms with Crippen molar-refractivity contribution in [2.45, 2.75) is 13.5 Å². The fourth-order valence-corrected chi connectivity index (χ4v) is 3.26. The molecule has 9 nitrogen and oxygen atoms in total. The first kappa shape index (κ1) is 16.7. The van der Waals surface area contributed by atoms with Gasteiger partial charge in [0.2, 0.25) is 5.91 Å². The van der Waals surface area contributed by atoms with Gasteiger partial charge in [0.05, 0.1) is 22.7 Å². The fourth-order valence-electron chi connectivity index (χ4n) is 2.43. The minimum absolute atomic E-state index is 0.00973. The monoisotopic (exact) mass is 360 g/mol. The summed E-state index contributed by atoms with van der Waals surface area (Å²) in [6.45, 7) is 1.27. The minimum atomic E-state index is -0.721. The normalized spacial score (nSPS) is 13.1. The first-order chi connectivity index (χ1) is 11.8. The molecule has 3 amide bonds. The lowest BCUT2D eigenvalue weighted by Gasteiger charge is -2.12. The molecule has 0 bridgehead atoms. The molecule has 2 aromatic rings. The number of nitrogens with zero attached hydrogens (tertiary/aromatic N) is 4. The van der Waals surface area contributed by atoms with Crippen LogP contribution in [-0.2, 0) is 11.3 Å². The van der Waals surface area contributed by atoms with E-state index in [4.69, 9.17) is 0 Å². The van der Waals surface area contributed by atoms with Gasteiger partial charge in [-0.25, -0.2) is 4.98 Å². The SMILES string of the molecule is CC(=O)N(C)c1nc(CN2C(=O)c3cccc([N+](=O)[O-])c3C2=O)cs1. The largest absolute Gasteiger partial charge is 0.292 e. The summed E-state index contributed by atoms with van der Waals surface area (Å²) in [5, 5.41) is 13.2. The summed E-state index contributed by atoms with van der Waals surface area (Å²) in [6, 6.07) is 3.95. The van der Waals surface area contributed by atoms with Gasteiger partial charge in [-0.1, -0.05) is 6.07 Å².